The molecule has 0 aliphatic carbocycles. The van der Waals surface area contributed by atoms with Gasteiger partial charge in [-0.25, -0.2) is 4.98 Å². The van der Waals surface area contributed by atoms with Crippen molar-refractivity contribution in [2.75, 3.05) is 16.8 Å². The van der Waals surface area contributed by atoms with Gasteiger partial charge in [0.15, 0.2) is 0 Å². The molecule has 2 rings (SSSR count). The molecular formula is C8H9ClN4O2S. The molecular weight excluding hydrogens is 252 g/mol. The summed E-state index contributed by atoms with van der Waals surface area (Å²) < 4.78 is 0. The summed E-state index contributed by atoms with van der Waals surface area (Å²) in [5.74, 6) is 2.20. The van der Waals surface area contributed by atoms with Gasteiger partial charge in [0.05, 0.1) is 4.92 Å². The molecule has 0 radical (unpaired) electrons. The minimum Gasteiger partial charge on any atom is -0.361 e. The van der Waals surface area contributed by atoms with E-state index in [9.17, 15) is 10.1 Å². The maximum Gasteiger partial charge on any atom is 0.329 e. The maximum atomic E-state index is 10.7. The molecule has 0 bridgehead atoms. The fourth-order valence-electron chi connectivity index (χ4n) is 1.44. The predicted molar refractivity (Wildman–Crippen MR) is 63.0 cm³/mol. The molecule has 1 aromatic heterocycles. The first-order chi connectivity index (χ1) is 7.66. The molecule has 0 amide bonds. The lowest BCUT2D eigenvalue weighted by atomic mass is 10.2. The van der Waals surface area contributed by atoms with E-state index in [0.717, 1.165) is 24.1 Å². The number of rotatable bonds is 3. The maximum absolute atomic E-state index is 10.7. The van der Waals surface area contributed by atoms with Crippen molar-refractivity contribution in [1.29, 1.82) is 0 Å². The molecule has 0 aromatic carbocycles. The van der Waals surface area contributed by atoms with Gasteiger partial charge in [0.2, 0.25) is 11.1 Å². The molecule has 8 heteroatoms. The van der Waals surface area contributed by atoms with Crippen LogP contribution in [0, 0.1) is 10.1 Å². The van der Waals surface area contributed by atoms with Crippen LogP contribution in [0.3, 0.4) is 0 Å². The van der Waals surface area contributed by atoms with E-state index in [1.807, 2.05) is 11.8 Å². The fraction of sp³-hybridized carbons (Fsp3) is 0.500. The van der Waals surface area contributed by atoms with Crippen LogP contribution in [0.4, 0.5) is 11.5 Å². The molecule has 1 atom stereocenters. The summed E-state index contributed by atoms with van der Waals surface area (Å²) in [6.07, 6.45) is 2.10. The normalized spacial score (nSPS) is 19.7. The standard InChI is InChI=1S/C8H9ClN4O2S/c9-8-10-3-6(13(14)15)7(12-8)11-5-1-2-16-4-5/h3,5H,1-2,4H2,(H,10,11,12). The number of hydrogen-bond acceptors (Lipinski definition) is 6. The molecule has 0 saturated carbocycles. The number of hydrogen-bond donors (Lipinski definition) is 1. The van der Waals surface area contributed by atoms with Crippen LogP contribution in [0.2, 0.25) is 5.28 Å². The van der Waals surface area contributed by atoms with Gasteiger partial charge in [-0.1, -0.05) is 0 Å². The molecule has 6 nitrogen and oxygen atoms in total. The summed E-state index contributed by atoms with van der Waals surface area (Å²) in [5.41, 5.74) is -0.138. The second kappa shape index (κ2) is 4.84. The van der Waals surface area contributed by atoms with Crippen LogP contribution in [-0.2, 0) is 0 Å². The van der Waals surface area contributed by atoms with Crippen molar-refractivity contribution < 1.29 is 4.92 Å². The highest BCUT2D eigenvalue weighted by Crippen LogP contribution is 2.26. The SMILES string of the molecule is O=[N+]([O-])c1cnc(Cl)nc1NC1CCSC1. The van der Waals surface area contributed by atoms with Gasteiger partial charge in [0.25, 0.3) is 0 Å². The van der Waals surface area contributed by atoms with Crippen molar-refractivity contribution in [3.8, 4) is 0 Å². The van der Waals surface area contributed by atoms with Crippen LogP contribution >= 0.6 is 23.4 Å². The molecule has 2 heterocycles. The minimum atomic E-state index is -0.513. The smallest absolute Gasteiger partial charge is 0.329 e. The Morgan fingerprint density at radius 1 is 1.69 bits per heavy atom. The first-order valence-electron chi connectivity index (χ1n) is 4.68. The average Bonchev–Trinajstić information content (AvgIpc) is 2.70. The van der Waals surface area contributed by atoms with Crippen LogP contribution in [-0.4, -0.2) is 32.4 Å². The van der Waals surface area contributed by atoms with E-state index in [0.29, 0.717) is 0 Å². The van der Waals surface area contributed by atoms with Crippen LogP contribution in [0.1, 0.15) is 6.42 Å². The second-order valence-corrected chi connectivity index (χ2v) is 4.82. The minimum absolute atomic E-state index is 0.0127. The van der Waals surface area contributed by atoms with E-state index in [1.165, 1.54) is 0 Å². The number of halogens is 1. The average molecular weight is 261 g/mol. The van der Waals surface area contributed by atoms with Crippen LogP contribution in [0.25, 0.3) is 0 Å². The highest BCUT2D eigenvalue weighted by molar-refractivity contribution is 7.99. The lowest BCUT2D eigenvalue weighted by Gasteiger charge is -2.11. The second-order valence-electron chi connectivity index (χ2n) is 3.33. The van der Waals surface area contributed by atoms with E-state index in [2.05, 4.69) is 15.3 Å². The van der Waals surface area contributed by atoms with E-state index < -0.39 is 4.92 Å². The van der Waals surface area contributed by atoms with Crippen molar-refractivity contribution in [2.45, 2.75) is 12.5 Å². The first kappa shape index (κ1) is 11.4. The quantitative estimate of drug-likeness (QED) is 0.508. The third-order valence-electron chi connectivity index (χ3n) is 2.21. The summed E-state index contributed by atoms with van der Waals surface area (Å²) in [7, 11) is 0. The van der Waals surface area contributed by atoms with Crippen molar-refractivity contribution in [3.63, 3.8) is 0 Å². The summed E-state index contributed by atoms with van der Waals surface area (Å²) in [6, 6.07) is 0.217. The van der Waals surface area contributed by atoms with Crippen molar-refractivity contribution >= 4 is 34.9 Å². The Hall–Kier alpha value is -1.08. The topological polar surface area (TPSA) is 81.0 Å². The number of nitrogens with one attached hydrogen (secondary N) is 1. The van der Waals surface area contributed by atoms with Crippen LogP contribution in [0.15, 0.2) is 6.20 Å². The van der Waals surface area contributed by atoms with E-state index in [1.54, 1.807) is 0 Å². The number of thioether (sulfide) groups is 1. The monoisotopic (exact) mass is 260 g/mol. The Balaban J connectivity index is 2.22. The molecule has 0 spiro atoms. The number of nitrogens with zero attached hydrogens (tertiary/aromatic N) is 3. The molecule has 1 aliphatic heterocycles. The molecule has 1 unspecified atom stereocenters. The van der Waals surface area contributed by atoms with E-state index >= 15 is 0 Å². The Bertz CT molecular complexity index is 411. The van der Waals surface area contributed by atoms with Crippen LogP contribution < -0.4 is 5.32 Å². The third kappa shape index (κ3) is 2.53. The summed E-state index contributed by atoms with van der Waals surface area (Å²) >= 11 is 7.43. The molecule has 1 aliphatic rings. The lowest BCUT2D eigenvalue weighted by Crippen LogP contribution is -2.20. The van der Waals surface area contributed by atoms with Gasteiger partial charge in [0.1, 0.15) is 6.20 Å². The van der Waals surface area contributed by atoms with Gasteiger partial charge in [-0.3, -0.25) is 10.1 Å². The van der Waals surface area contributed by atoms with Crippen LogP contribution in [0.5, 0.6) is 0 Å². The number of aromatic nitrogens is 2. The van der Waals surface area contributed by atoms with Crippen molar-refractivity contribution in [1.82, 2.24) is 9.97 Å². The first-order valence-corrected chi connectivity index (χ1v) is 6.21. The fourth-order valence-corrected chi connectivity index (χ4v) is 2.72. The zero-order valence-corrected chi connectivity index (χ0v) is 9.79. The van der Waals surface area contributed by atoms with E-state index in [-0.39, 0.29) is 22.8 Å². The zero-order valence-electron chi connectivity index (χ0n) is 8.22. The van der Waals surface area contributed by atoms with Gasteiger partial charge in [-0.15, -0.1) is 0 Å². The summed E-state index contributed by atoms with van der Waals surface area (Å²) in [4.78, 5) is 17.7. The zero-order chi connectivity index (χ0) is 11.5. The molecule has 16 heavy (non-hydrogen) atoms. The van der Waals surface area contributed by atoms with Gasteiger partial charge >= 0.3 is 5.69 Å². The predicted octanol–water partition coefficient (Wildman–Crippen LogP) is 1.96. The summed E-state index contributed by atoms with van der Waals surface area (Å²) in [5, 5.41) is 13.8. The molecule has 86 valence electrons. The van der Waals surface area contributed by atoms with Gasteiger partial charge < -0.3 is 5.32 Å². The lowest BCUT2D eigenvalue weighted by molar-refractivity contribution is -0.384. The molecule has 1 N–H and O–H groups in total. The van der Waals surface area contributed by atoms with Crippen molar-refractivity contribution in [2.24, 2.45) is 0 Å². The largest absolute Gasteiger partial charge is 0.361 e. The molecule has 1 aromatic rings. The molecule has 1 saturated heterocycles. The molecule has 1 fully saturated rings. The van der Waals surface area contributed by atoms with Gasteiger partial charge in [0, 0.05) is 11.8 Å². The Morgan fingerprint density at radius 2 is 2.50 bits per heavy atom. The van der Waals surface area contributed by atoms with Gasteiger partial charge in [-0.05, 0) is 23.8 Å². The highest BCUT2D eigenvalue weighted by Gasteiger charge is 2.22. The third-order valence-corrected chi connectivity index (χ3v) is 3.55. The Labute approximate surface area is 101 Å². The van der Waals surface area contributed by atoms with Gasteiger partial charge in [-0.2, -0.15) is 16.7 Å². The number of nitro groups is 1. The highest BCUT2D eigenvalue weighted by atomic mass is 35.5. The Kier molecular flexibility index (Phi) is 3.45. The summed E-state index contributed by atoms with van der Waals surface area (Å²) in [6.45, 7) is 0. The van der Waals surface area contributed by atoms with E-state index in [4.69, 9.17) is 11.6 Å². The number of anilines is 1. The van der Waals surface area contributed by atoms with Crippen molar-refractivity contribution in [3.05, 3.63) is 21.6 Å². The Morgan fingerprint density at radius 3 is 3.12 bits per heavy atom.